The quantitative estimate of drug-likeness (QED) is 0.311. The summed E-state index contributed by atoms with van der Waals surface area (Å²) in [6.07, 6.45) is 7.99. The normalized spacial score (nSPS) is 48.7. The first-order valence-electron chi connectivity index (χ1n) is 5.61. The summed E-state index contributed by atoms with van der Waals surface area (Å²) in [6.45, 7) is 0. The van der Waals surface area contributed by atoms with Gasteiger partial charge in [-0.3, -0.25) is 5.43 Å². The number of hydrogen-bond donors (Lipinski definition) is 1. The molecule has 0 atom stereocenters. The van der Waals surface area contributed by atoms with Crippen LogP contribution < -0.4 is 5.43 Å². The Morgan fingerprint density at radius 3 is 2.00 bits per heavy atom. The van der Waals surface area contributed by atoms with Gasteiger partial charge in [0.25, 0.3) is 0 Å². The second-order valence-corrected chi connectivity index (χ2v) is 5.50. The van der Waals surface area contributed by atoms with Crippen molar-refractivity contribution in [3.8, 4) is 0 Å². The first-order chi connectivity index (χ1) is 6.80. The van der Waals surface area contributed by atoms with Gasteiger partial charge in [-0.1, -0.05) is 0 Å². The van der Waals surface area contributed by atoms with Crippen LogP contribution in [0.25, 0.3) is 10.4 Å². The molecule has 0 aromatic heterocycles. The lowest BCUT2D eigenvalue weighted by Gasteiger charge is -2.54. The fourth-order valence-corrected chi connectivity index (χ4v) is 4.38. The van der Waals surface area contributed by atoms with Crippen molar-refractivity contribution in [2.45, 2.75) is 44.1 Å². The van der Waals surface area contributed by atoms with Crippen molar-refractivity contribution in [3.63, 3.8) is 0 Å². The molecule has 0 aromatic rings. The van der Waals surface area contributed by atoms with Gasteiger partial charge in [0.15, 0.2) is 0 Å². The average Bonchev–Trinajstić information content (AvgIpc) is 2.12. The van der Waals surface area contributed by atoms with Crippen molar-refractivity contribution in [1.29, 1.82) is 0 Å². The molecule has 0 spiro atoms. The van der Waals surface area contributed by atoms with E-state index in [4.69, 9.17) is 5.53 Å². The van der Waals surface area contributed by atoms with Crippen molar-refractivity contribution in [3.05, 3.63) is 10.4 Å². The molecule has 0 saturated heterocycles. The topological polar surface area (TPSA) is 60.8 Å². The summed E-state index contributed by atoms with van der Waals surface area (Å²) >= 11 is 0. The SMILES string of the molecule is [N-]=[N+]=NNC12CC3CC(CC(C3)C1)C2. The van der Waals surface area contributed by atoms with E-state index in [9.17, 15) is 0 Å². The van der Waals surface area contributed by atoms with Crippen molar-refractivity contribution < 1.29 is 0 Å². The number of nitrogens with one attached hydrogen (secondary N) is 1. The Kier molecular flexibility index (Phi) is 1.68. The second kappa shape index (κ2) is 2.80. The zero-order chi connectivity index (χ0) is 9.60. The third kappa shape index (κ3) is 1.17. The van der Waals surface area contributed by atoms with Gasteiger partial charge in [-0.2, -0.15) is 4.91 Å². The van der Waals surface area contributed by atoms with E-state index < -0.39 is 0 Å². The van der Waals surface area contributed by atoms with Crippen LogP contribution in [0, 0.1) is 17.8 Å². The molecule has 1 N–H and O–H groups in total. The van der Waals surface area contributed by atoms with Crippen LogP contribution in [0.5, 0.6) is 0 Å². The number of nitrogens with zero attached hydrogens (tertiary/aromatic N) is 3. The molecule has 4 nitrogen and oxygen atoms in total. The van der Waals surface area contributed by atoms with E-state index >= 15 is 0 Å². The van der Waals surface area contributed by atoms with Gasteiger partial charge in [-0.15, -0.1) is 5.53 Å². The zero-order valence-electron chi connectivity index (χ0n) is 8.32. The Bertz CT molecular complexity index is 257. The molecule has 0 amide bonds. The molecule has 4 bridgehead atoms. The molecule has 0 aromatic carbocycles. The highest BCUT2D eigenvalue weighted by Crippen LogP contribution is 2.55. The van der Waals surface area contributed by atoms with Crippen LogP contribution in [0.15, 0.2) is 5.22 Å². The molecule has 4 heteroatoms. The third-order valence-electron chi connectivity index (χ3n) is 4.37. The van der Waals surface area contributed by atoms with Gasteiger partial charge in [-0.05, 0) is 61.5 Å². The van der Waals surface area contributed by atoms with Gasteiger partial charge in [-0.25, -0.2) is 0 Å². The molecule has 76 valence electrons. The second-order valence-electron chi connectivity index (χ2n) is 5.50. The minimum atomic E-state index is 0.182. The Morgan fingerprint density at radius 2 is 1.57 bits per heavy atom. The van der Waals surface area contributed by atoms with E-state index in [0.29, 0.717) is 0 Å². The van der Waals surface area contributed by atoms with E-state index in [1.165, 1.54) is 38.5 Å². The summed E-state index contributed by atoms with van der Waals surface area (Å²) in [6, 6.07) is 0. The summed E-state index contributed by atoms with van der Waals surface area (Å²) in [5.41, 5.74) is 11.6. The summed E-state index contributed by atoms with van der Waals surface area (Å²) in [5, 5.41) is 3.59. The highest BCUT2D eigenvalue weighted by atomic mass is 15.4. The van der Waals surface area contributed by atoms with Gasteiger partial charge in [0.1, 0.15) is 5.54 Å². The van der Waals surface area contributed by atoms with E-state index in [0.717, 1.165) is 17.8 Å². The van der Waals surface area contributed by atoms with Crippen molar-refractivity contribution in [1.82, 2.24) is 5.43 Å². The zero-order valence-corrected chi connectivity index (χ0v) is 8.32. The molecule has 4 aliphatic carbocycles. The van der Waals surface area contributed by atoms with E-state index in [1.54, 1.807) is 0 Å². The number of azide groups is 1. The maximum atomic E-state index is 8.36. The molecule has 0 aliphatic heterocycles. The van der Waals surface area contributed by atoms with E-state index in [-0.39, 0.29) is 5.54 Å². The molecule has 0 radical (unpaired) electrons. The largest absolute Gasteiger partial charge is 0.256 e. The van der Waals surface area contributed by atoms with Crippen molar-refractivity contribution in [2.75, 3.05) is 0 Å². The minimum Gasteiger partial charge on any atom is -0.256 e. The maximum absolute atomic E-state index is 8.36. The first-order valence-corrected chi connectivity index (χ1v) is 5.61. The molecule has 14 heavy (non-hydrogen) atoms. The molecule has 4 rings (SSSR count). The average molecular weight is 192 g/mol. The van der Waals surface area contributed by atoms with E-state index in [1.807, 2.05) is 0 Å². The Labute approximate surface area is 83.7 Å². The van der Waals surface area contributed by atoms with Crippen LogP contribution in [-0.4, -0.2) is 5.54 Å². The molecule has 4 saturated carbocycles. The van der Waals surface area contributed by atoms with Gasteiger partial charge >= 0.3 is 0 Å². The van der Waals surface area contributed by atoms with Gasteiger partial charge in [0.2, 0.25) is 0 Å². The number of hydrogen-bond acceptors (Lipinski definition) is 1. The van der Waals surface area contributed by atoms with Crippen LogP contribution in [-0.2, 0) is 0 Å². The van der Waals surface area contributed by atoms with Crippen molar-refractivity contribution >= 4 is 0 Å². The number of rotatable bonds is 2. The van der Waals surface area contributed by atoms with Gasteiger partial charge < -0.3 is 0 Å². The highest BCUT2D eigenvalue weighted by molar-refractivity contribution is 5.05. The van der Waals surface area contributed by atoms with E-state index in [2.05, 4.69) is 15.6 Å². The van der Waals surface area contributed by atoms with Crippen LogP contribution >= 0.6 is 0 Å². The standard InChI is InChI=1S/C10H16N4/c11-13-14-12-10-4-7-1-8(5-10)3-9(2-7)6-10/h7-9,12H,1-6H2. The Morgan fingerprint density at radius 1 is 1.07 bits per heavy atom. The maximum Gasteiger partial charge on any atom is 0.108 e. The lowest BCUT2D eigenvalue weighted by Crippen LogP contribution is -2.56. The first kappa shape index (κ1) is 8.42. The smallest absolute Gasteiger partial charge is 0.108 e. The lowest BCUT2D eigenvalue weighted by molar-refractivity contribution is -0.0195. The van der Waals surface area contributed by atoms with Gasteiger partial charge in [0, 0.05) is 0 Å². The summed E-state index contributed by atoms with van der Waals surface area (Å²) in [7, 11) is 0. The third-order valence-corrected chi connectivity index (χ3v) is 4.37. The predicted molar refractivity (Wildman–Crippen MR) is 53.2 cm³/mol. The molecule has 4 aliphatic rings. The molecule has 0 heterocycles. The molecule has 0 unspecified atom stereocenters. The fraction of sp³-hybridized carbons (Fsp3) is 1.00. The lowest BCUT2D eigenvalue weighted by atomic mass is 9.53. The molecular formula is C10H16N4. The highest BCUT2D eigenvalue weighted by Gasteiger charge is 2.52. The predicted octanol–water partition coefficient (Wildman–Crippen LogP) is 2.77. The van der Waals surface area contributed by atoms with Crippen LogP contribution in [0.4, 0.5) is 0 Å². The van der Waals surface area contributed by atoms with Crippen LogP contribution in [0.3, 0.4) is 0 Å². The molecular weight excluding hydrogens is 176 g/mol. The van der Waals surface area contributed by atoms with Crippen molar-refractivity contribution in [2.24, 2.45) is 23.0 Å². The minimum absolute atomic E-state index is 0.182. The summed E-state index contributed by atoms with van der Waals surface area (Å²) in [5.74, 6) is 2.72. The van der Waals surface area contributed by atoms with Crippen LogP contribution in [0.2, 0.25) is 0 Å². The summed E-state index contributed by atoms with van der Waals surface area (Å²) in [4.78, 5) is 2.83. The Hall–Kier alpha value is -0.890. The fourth-order valence-electron chi connectivity index (χ4n) is 4.38. The molecule has 4 fully saturated rings. The monoisotopic (exact) mass is 192 g/mol. The van der Waals surface area contributed by atoms with Crippen LogP contribution in [0.1, 0.15) is 38.5 Å². The Balaban J connectivity index is 1.83. The van der Waals surface area contributed by atoms with Gasteiger partial charge in [0.05, 0.1) is 0 Å². The summed E-state index contributed by atoms with van der Waals surface area (Å²) < 4.78 is 0.